The van der Waals surface area contributed by atoms with Crippen molar-refractivity contribution in [2.75, 3.05) is 5.32 Å². The zero-order valence-corrected chi connectivity index (χ0v) is 15.5. The van der Waals surface area contributed by atoms with Gasteiger partial charge in [0.25, 0.3) is 5.91 Å². The Hall–Kier alpha value is -3.21. The predicted octanol–water partition coefficient (Wildman–Crippen LogP) is 4.82. The molecule has 1 saturated carbocycles. The Morgan fingerprint density at radius 2 is 1.64 bits per heavy atom. The Bertz CT molecular complexity index is 1040. The fourth-order valence-corrected chi connectivity index (χ4v) is 3.22. The molecule has 4 rings (SSSR count). The molecular weight excluding hydrogens is 355 g/mol. The molecule has 4 nitrogen and oxygen atoms in total. The topological polar surface area (TPSA) is 58.2 Å². The molecule has 0 aliphatic heterocycles. The lowest BCUT2D eigenvalue weighted by molar-refractivity contribution is -0.117. The van der Waals surface area contributed by atoms with Crippen molar-refractivity contribution in [2.45, 2.75) is 25.8 Å². The molecule has 0 spiro atoms. The van der Waals surface area contributed by atoms with E-state index >= 15 is 0 Å². The summed E-state index contributed by atoms with van der Waals surface area (Å²) in [6, 6.07) is 17.1. The fraction of sp³-hybridized carbons (Fsp3) is 0.217. The zero-order chi connectivity index (χ0) is 19.7. The Morgan fingerprint density at radius 1 is 1.00 bits per heavy atom. The number of anilines is 1. The Kier molecular flexibility index (Phi) is 4.82. The molecule has 1 fully saturated rings. The lowest BCUT2D eigenvalue weighted by Crippen LogP contribution is -2.28. The first-order valence-electron chi connectivity index (χ1n) is 9.41. The maximum Gasteiger partial charge on any atom is 0.253 e. The van der Waals surface area contributed by atoms with Crippen LogP contribution in [0.3, 0.4) is 0 Å². The van der Waals surface area contributed by atoms with E-state index in [0.717, 1.165) is 29.2 Å². The molecular formula is C23H21FN2O2. The summed E-state index contributed by atoms with van der Waals surface area (Å²) in [6.07, 6.45) is 1.78. The highest BCUT2D eigenvalue weighted by atomic mass is 19.1. The molecule has 0 aromatic heterocycles. The summed E-state index contributed by atoms with van der Waals surface area (Å²) in [4.78, 5) is 25.3. The number of carbonyl (C=O) groups excluding carboxylic acids is 2. The number of hydrogen-bond donors (Lipinski definition) is 2. The van der Waals surface area contributed by atoms with Gasteiger partial charge in [0.05, 0.1) is 17.3 Å². The SMILES string of the molecule is CC(NC(=O)c1cc2ccccc2cc1NC(=O)C1CC1)c1ccc(F)cc1. The quantitative estimate of drug-likeness (QED) is 0.671. The van der Waals surface area contributed by atoms with Gasteiger partial charge in [0, 0.05) is 5.92 Å². The molecule has 28 heavy (non-hydrogen) atoms. The van der Waals surface area contributed by atoms with Crippen molar-refractivity contribution in [1.82, 2.24) is 5.32 Å². The summed E-state index contributed by atoms with van der Waals surface area (Å²) < 4.78 is 13.1. The van der Waals surface area contributed by atoms with Crippen LogP contribution in [-0.4, -0.2) is 11.8 Å². The first kappa shape index (κ1) is 18.2. The van der Waals surface area contributed by atoms with Gasteiger partial charge in [-0.1, -0.05) is 36.4 Å². The zero-order valence-electron chi connectivity index (χ0n) is 15.5. The minimum Gasteiger partial charge on any atom is -0.345 e. The van der Waals surface area contributed by atoms with Gasteiger partial charge < -0.3 is 10.6 Å². The molecule has 5 heteroatoms. The summed E-state index contributed by atoms with van der Waals surface area (Å²) >= 11 is 0. The number of halogens is 1. The summed E-state index contributed by atoms with van der Waals surface area (Å²) in [5.74, 6) is -0.605. The largest absolute Gasteiger partial charge is 0.345 e. The van der Waals surface area contributed by atoms with E-state index in [1.807, 2.05) is 37.3 Å². The standard InChI is InChI=1S/C23H21FN2O2/c1-14(15-8-10-19(24)11-9-15)25-23(28)20-12-17-4-2-3-5-18(17)13-21(20)26-22(27)16-6-7-16/h2-5,8-14,16H,6-7H2,1H3,(H,25,28)(H,26,27). The van der Waals surface area contributed by atoms with E-state index < -0.39 is 0 Å². The second-order valence-electron chi connectivity index (χ2n) is 7.26. The van der Waals surface area contributed by atoms with Crippen LogP contribution >= 0.6 is 0 Å². The highest BCUT2D eigenvalue weighted by Gasteiger charge is 2.30. The van der Waals surface area contributed by atoms with Crippen LogP contribution in [0.1, 0.15) is 41.7 Å². The van der Waals surface area contributed by atoms with E-state index in [1.165, 1.54) is 12.1 Å². The molecule has 3 aromatic carbocycles. The second kappa shape index (κ2) is 7.43. The second-order valence-corrected chi connectivity index (χ2v) is 7.26. The first-order chi connectivity index (χ1) is 13.5. The van der Waals surface area contributed by atoms with Crippen molar-refractivity contribution in [3.8, 4) is 0 Å². The summed E-state index contributed by atoms with van der Waals surface area (Å²) in [5, 5.41) is 7.74. The van der Waals surface area contributed by atoms with E-state index in [4.69, 9.17) is 0 Å². The van der Waals surface area contributed by atoms with Gasteiger partial charge in [-0.15, -0.1) is 0 Å². The van der Waals surface area contributed by atoms with Gasteiger partial charge in [-0.25, -0.2) is 4.39 Å². The molecule has 142 valence electrons. The fourth-order valence-electron chi connectivity index (χ4n) is 3.22. The van der Waals surface area contributed by atoms with Gasteiger partial charge in [-0.2, -0.15) is 0 Å². The highest BCUT2D eigenvalue weighted by Crippen LogP contribution is 2.32. The van der Waals surface area contributed by atoms with Crippen LogP contribution in [0.5, 0.6) is 0 Å². The van der Waals surface area contributed by atoms with Crippen LogP contribution in [0.2, 0.25) is 0 Å². The molecule has 1 aliphatic rings. The van der Waals surface area contributed by atoms with E-state index in [9.17, 15) is 14.0 Å². The number of hydrogen-bond acceptors (Lipinski definition) is 2. The van der Waals surface area contributed by atoms with Gasteiger partial charge in [-0.05, 0) is 60.4 Å². The molecule has 0 radical (unpaired) electrons. The smallest absolute Gasteiger partial charge is 0.253 e. The van der Waals surface area contributed by atoms with Crippen LogP contribution < -0.4 is 10.6 Å². The molecule has 0 bridgehead atoms. The third-order valence-electron chi connectivity index (χ3n) is 5.05. The van der Waals surface area contributed by atoms with E-state index in [0.29, 0.717) is 11.3 Å². The third kappa shape index (κ3) is 3.88. The minimum atomic E-state index is -0.318. The van der Waals surface area contributed by atoms with Gasteiger partial charge >= 0.3 is 0 Å². The molecule has 3 aromatic rings. The number of rotatable bonds is 5. The third-order valence-corrected chi connectivity index (χ3v) is 5.05. The van der Waals surface area contributed by atoms with Gasteiger partial charge in [0.1, 0.15) is 5.82 Å². The molecule has 1 atom stereocenters. The van der Waals surface area contributed by atoms with Crippen LogP contribution in [0.4, 0.5) is 10.1 Å². The normalized spacial score (nSPS) is 14.5. The molecule has 2 amide bonds. The lowest BCUT2D eigenvalue weighted by atomic mass is 10.0. The van der Waals surface area contributed by atoms with Crippen molar-refractivity contribution in [2.24, 2.45) is 5.92 Å². The number of nitrogens with one attached hydrogen (secondary N) is 2. The first-order valence-corrected chi connectivity index (χ1v) is 9.41. The minimum absolute atomic E-state index is 0.0421. The molecule has 1 aliphatic carbocycles. The summed E-state index contributed by atoms with van der Waals surface area (Å²) in [6.45, 7) is 1.84. The van der Waals surface area contributed by atoms with Crippen LogP contribution in [-0.2, 0) is 4.79 Å². The van der Waals surface area contributed by atoms with Crippen molar-refractivity contribution in [3.63, 3.8) is 0 Å². The number of benzene rings is 3. The van der Waals surface area contributed by atoms with E-state index in [1.54, 1.807) is 18.2 Å². The lowest BCUT2D eigenvalue weighted by Gasteiger charge is -2.17. The van der Waals surface area contributed by atoms with Crippen molar-refractivity contribution >= 4 is 28.3 Å². The van der Waals surface area contributed by atoms with Gasteiger partial charge in [-0.3, -0.25) is 9.59 Å². The number of carbonyl (C=O) groups is 2. The highest BCUT2D eigenvalue weighted by molar-refractivity contribution is 6.08. The summed E-state index contributed by atoms with van der Waals surface area (Å²) in [5.41, 5.74) is 1.74. The van der Waals surface area contributed by atoms with Crippen LogP contribution in [0.15, 0.2) is 60.7 Å². The molecule has 0 heterocycles. The van der Waals surface area contributed by atoms with Crippen molar-refractivity contribution in [3.05, 3.63) is 77.6 Å². The predicted molar refractivity (Wildman–Crippen MR) is 108 cm³/mol. The Labute approximate surface area is 162 Å². The Balaban J connectivity index is 1.63. The average Bonchev–Trinajstić information content (AvgIpc) is 3.53. The van der Waals surface area contributed by atoms with Gasteiger partial charge in [0.2, 0.25) is 5.91 Å². The van der Waals surface area contributed by atoms with Gasteiger partial charge in [0.15, 0.2) is 0 Å². The Morgan fingerprint density at radius 3 is 2.29 bits per heavy atom. The van der Waals surface area contributed by atoms with Crippen LogP contribution in [0, 0.1) is 11.7 Å². The van der Waals surface area contributed by atoms with E-state index in [2.05, 4.69) is 10.6 Å². The monoisotopic (exact) mass is 376 g/mol. The molecule has 2 N–H and O–H groups in total. The van der Waals surface area contributed by atoms with E-state index in [-0.39, 0.29) is 29.6 Å². The number of amides is 2. The average molecular weight is 376 g/mol. The van der Waals surface area contributed by atoms with Crippen molar-refractivity contribution in [1.29, 1.82) is 0 Å². The maximum absolute atomic E-state index is 13.1. The molecule has 0 saturated heterocycles. The number of fused-ring (bicyclic) bond motifs is 1. The summed E-state index contributed by atoms with van der Waals surface area (Å²) in [7, 11) is 0. The van der Waals surface area contributed by atoms with Crippen molar-refractivity contribution < 1.29 is 14.0 Å². The van der Waals surface area contributed by atoms with Crippen LogP contribution in [0.25, 0.3) is 10.8 Å². The molecule has 1 unspecified atom stereocenters. The maximum atomic E-state index is 13.1.